The summed E-state index contributed by atoms with van der Waals surface area (Å²) < 4.78 is 48.0. The molecule has 0 amide bonds. The molecule has 7 N–H and O–H groups in total. The zero-order valence-electron chi connectivity index (χ0n) is 17.6. The van der Waals surface area contributed by atoms with Crippen molar-refractivity contribution in [2.24, 2.45) is 0 Å². The van der Waals surface area contributed by atoms with Crippen molar-refractivity contribution in [1.82, 2.24) is 9.55 Å². The molecule has 0 spiro atoms. The van der Waals surface area contributed by atoms with Gasteiger partial charge in [0.15, 0.2) is 18.3 Å². The van der Waals surface area contributed by atoms with Gasteiger partial charge in [0, 0.05) is 12.3 Å². The lowest BCUT2D eigenvalue weighted by Gasteiger charge is -2.34. The lowest BCUT2D eigenvalue weighted by molar-refractivity contribution is -0.226. The minimum absolute atomic E-state index is 0.732. The minimum atomic E-state index is -5.53. The first-order chi connectivity index (χ1) is 16.1. The smallest absolute Gasteiger partial charge is 0.387 e. The van der Waals surface area contributed by atoms with Crippen LogP contribution in [0.25, 0.3) is 0 Å². The highest BCUT2D eigenvalue weighted by Gasteiger charge is 2.48. The van der Waals surface area contributed by atoms with E-state index >= 15 is 0 Å². The van der Waals surface area contributed by atoms with Gasteiger partial charge in [-0.2, -0.15) is 4.31 Å². The predicted octanol–water partition coefficient (Wildman–Crippen LogP) is -3.56. The average Bonchev–Trinajstić information content (AvgIpc) is 3.02. The number of carbonyl (C=O) groups excluding carboxylic acids is 1. The van der Waals surface area contributed by atoms with Crippen molar-refractivity contribution in [3.63, 3.8) is 0 Å². The van der Waals surface area contributed by atoms with Crippen LogP contribution in [-0.4, -0.2) is 95.1 Å². The summed E-state index contributed by atoms with van der Waals surface area (Å²) in [6.45, 7) is 0.139. The van der Waals surface area contributed by atoms with E-state index in [0.717, 1.165) is 23.8 Å². The number of aliphatic hydroxyl groups excluding tert-OH is 4. The number of ketones is 1. The fraction of sp³-hybridized carbons (Fsp3) is 0.667. The lowest BCUT2D eigenvalue weighted by Crippen LogP contribution is -2.54. The van der Waals surface area contributed by atoms with E-state index < -0.39 is 88.4 Å². The highest BCUT2D eigenvalue weighted by atomic mass is 31.3. The fourth-order valence-electron chi connectivity index (χ4n) is 3.19. The van der Waals surface area contributed by atoms with Crippen LogP contribution in [0.15, 0.2) is 21.9 Å². The number of ether oxygens (including phenoxy) is 2. The van der Waals surface area contributed by atoms with Crippen molar-refractivity contribution in [3.8, 4) is 0 Å². The Labute approximate surface area is 194 Å². The number of hydrogen-bond donors (Lipinski definition) is 7. The topological polar surface area (TPSA) is 274 Å². The summed E-state index contributed by atoms with van der Waals surface area (Å²) >= 11 is 0. The molecule has 0 bridgehead atoms. The molecule has 3 unspecified atom stereocenters. The highest BCUT2D eigenvalue weighted by Crippen LogP contribution is 2.61. The Hall–Kier alpha value is -1.63. The molecule has 2 saturated heterocycles. The van der Waals surface area contributed by atoms with E-state index in [1.165, 1.54) is 0 Å². The zero-order valence-corrected chi connectivity index (χ0v) is 19.4. The first kappa shape index (κ1) is 27.9. The number of hydrogen-bond acceptors (Lipinski definition) is 14. The van der Waals surface area contributed by atoms with E-state index in [4.69, 9.17) is 9.47 Å². The third-order valence-electron chi connectivity index (χ3n) is 4.94. The molecule has 1 aromatic heterocycles. The molecule has 0 radical (unpaired) electrons. The molecule has 20 heteroatoms. The van der Waals surface area contributed by atoms with Gasteiger partial charge in [0.25, 0.3) is 5.56 Å². The van der Waals surface area contributed by atoms with E-state index in [9.17, 15) is 53.7 Å². The predicted molar refractivity (Wildman–Crippen MR) is 106 cm³/mol. The van der Waals surface area contributed by atoms with Crippen LogP contribution in [0.1, 0.15) is 13.2 Å². The first-order valence-electron chi connectivity index (χ1n) is 9.70. The number of phosphoric ester groups is 2. The van der Waals surface area contributed by atoms with Crippen LogP contribution in [0.5, 0.6) is 0 Å². The largest absolute Gasteiger partial charge is 0.483 e. The minimum Gasteiger partial charge on any atom is -0.387 e. The van der Waals surface area contributed by atoms with Gasteiger partial charge in [-0.1, -0.05) is 0 Å². The zero-order chi connectivity index (χ0) is 26.3. The van der Waals surface area contributed by atoms with Crippen LogP contribution in [0.2, 0.25) is 0 Å². The van der Waals surface area contributed by atoms with Crippen molar-refractivity contribution in [1.29, 1.82) is 0 Å². The molecule has 10 atom stereocenters. The second-order valence-electron chi connectivity index (χ2n) is 7.47. The molecule has 2 aliphatic heterocycles. The average molecular weight is 548 g/mol. The Kier molecular flexibility index (Phi) is 8.30. The quantitative estimate of drug-likeness (QED) is 0.155. The maximum atomic E-state index is 12.1. The van der Waals surface area contributed by atoms with Crippen molar-refractivity contribution < 1.29 is 67.0 Å². The standard InChI is InChI=1S/C15H22N2O16P2/c1-5-8(19)10(21)12(23)14(30-5)32-35(27,28)33-34(25,26)29-4-6-9(20)11(22)13(31-6)17-3-2-7(18)16-15(17)24/h2-3,5-6,9-14,20-23H,4H2,1H3,(H,25,26)(H,27,28)(H,16,18,24)/t5-,6-,9-,10+,11-,12-,13-,14?/m1/s1. The number of aromatic nitrogens is 2. The van der Waals surface area contributed by atoms with Crippen molar-refractivity contribution in [3.05, 3.63) is 33.1 Å². The van der Waals surface area contributed by atoms with Gasteiger partial charge in [-0.15, -0.1) is 0 Å². The molecular formula is C15H22N2O16P2. The Bertz CT molecular complexity index is 1150. The van der Waals surface area contributed by atoms with Gasteiger partial charge in [-0.3, -0.25) is 28.2 Å². The summed E-state index contributed by atoms with van der Waals surface area (Å²) in [4.78, 5) is 56.0. The normalized spacial score (nSPS) is 37.1. The first-order valence-corrected chi connectivity index (χ1v) is 12.7. The van der Waals surface area contributed by atoms with E-state index in [-0.39, 0.29) is 0 Å². The van der Waals surface area contributed by atoms with E-state index in [1.807, 2.05) is 4.98 Å². The number of Topliss-reactive ketones (excluding diaryl/α,β-unsaturated/α-hetero) is 1. The molecule has 1 aromatic rings. The molecule has 3 rings (SSSR count). The highest BCUT2D eigenvalue weighted by molar-refractivity contribution is 7.61. The molecule has 0 saturated carbocycles. The number of carbonyl (C=O) groups is 1. The summed E-state index contributed by atoms with van der Waals surface area (Å²) in [7, 11) is -11.0. The molecular weight excluding hydrogens is 526 g/mol. The number of phosphoric acid groups is 2. The second-order valence-corrected chi connectivity index (χ2v) is 10.5. The van der Waals surface area contributed by atoms with Crippen LogP contribution in [0.3, 0.4) is 0 Å². The van der Waals surface area contributed by atoms with E-state index in [1.54, 1.807) is 0 Å². The number of aliphatic hydroxyl groups is 4. The summed E-state index contributed by atoms with van der Waals surface area (Å²) in [5, 5.41) is 39.6. The van der Waals surface area contributed by atoms with Gasteiger partial charge in [-0.05, 0) is 6.92 Å². The number of aromatic amines is 1. The van der Waals surface area contributed by atoms with Crippen LogP contribution in [-0.2, 0) is 36.8 Å². The van der Waals surface area contributed by atoms with E-state index in [2.05, 4.69) is 13.4 Å². The maximum absolute atomic E-state index is 12.1. The van der Waals surface area contributed by atoms with Crippen LogP contribution < -0.4 is 11.2 Å². The van der Waals surface area contributed by atoms with Crippen LogP contribution >= 0.6 is 15.6 Å². The summed E-state index contributed by atoms with van der Waals surface area (Å²) in [6, 6.07) is 0.935. The van der Waals surface area contributed by atoms with Crippen LogP contribution in [0.4, 0.5) is 0 Å². The van der Waals surface area contributed by atoms with Crippen LogP contribution in [0, 0.1) is 0 Å². The van der Waals surface area contributed by atoms with Gasteiger partial charge in [0.05, 0.1) is 6.61 Å². The van der Waals surface area contributed by atoms with E-state index in [0.29, 0.717) is 0 Å². The molecule has 0 aliphatic carbocycles. The van der Waals surface area contributed by atoms with Gasteiger partial charge in [0.1, 0.15) is 36.6 Å². The Balaban J connectivity index is 1.61. The van der Waals surface area contributed by atoms with Gasteiger partial charge < -0.3 is 39.7 Å². The molecule has 2 aliphatic rings. The van der Waals surface area contributed by atoms with Gasteiger partial charge in [0.2, 0.25) is 0 Å². The second kappa shape index (κ2) is 10.4. The van der Waals surface area contributed by atoms with Crippen molar-refractivity contribution in [2.45, 2.75) is 56.1 Å². The lowest BCUT2D eigenvalue weighted by atomic mass is 10.0. The number of H-pyrrole nitrogens is 1. The Morgan fingerprint density at radius 2 is 1.69 bits per heavy atom. The number of nitrogens with one attached hydrogen (secondary N) is 1. The SMILES string of the molecule is C[C@H]1OC(OP(=O)(O)OP(=O)(O)OC[C@H]2O[C@@H](n3ccc(=O)[nH]c3=O)[C@H](O)[C@@H]2O)[C@H](O)[C@@H](O)C1=O. The number of rotatable bonds is 8. The Morgan fingerprint density at radius 1 is 1.03 bits per heavy atom. The summed E-state index contributed by atoms with van der Waals surface area (Å²) in [6.07, 6.45) is -13.3. The monoisotopic (exact) mass is 548 g/mol. The third kappa shape index (κ3) is 6.39. The molecule has 3 heterocycles. The third-order valence-corrected chi connectivity index (χ3v) is 7.54. The molecule has 35 heavy (non-hydrogen) atoms. The molecule has 0 aromatic carbocycles. The van der Waals surface area contributed by atoms with Gasteiger partial charge >= 0.3 is 21.3 Å². The summed E-state index contributed by atoms with van der Waals surface area (Å²) in [5.74, 6) is -0.943. The summed E-state index contributed by atoms with van der Waals surface area (Å²) in [5.41, 5.74) is -1.73. The van der Waals surface area contributed by atoms with Crippen molar-refractivity contribution >= 4 is 21.4 Å². The molecule has 18 nitrogen and oxygen atoms in total. The maximum Gasteiger partial charge on any atom is 0.483 e. The van der Waals surface area contributed by atoms with Gasteiger partial charge in [-0.25, -0.2) is 13.9 Å². The molecule has 198 valence electrons. The molecule has 2 fully saturated rings. The van der Waals surface area contributed by atoms with Crippen molar-refractivity contribution in [2.75, 3.05) is 6.61 Å². The fourth-order valence-corrected chi connectivity index (χ4v) is 5.35. The number of nitrogens with zero attached hydrogens (tertiary/aromatic N) is 1. The Morgan fingerprint density at radius 3 is 2.31 bits per heavy atom.